The van der Waals surface area contributed by atoms with Crippen molar-refractivity contribution in [1.29, 1.82) is 0 Å². The Kier molecular flexibility index (Phi) is 7.43. The molecular weight excluding hydrogens is 368 g/mol. The molecule has 2 heterocycles. The van der Waals surface area contributed by atoms with Crippen molar-refractivity contribution in [1.82, 2.24) is 15.1 Å². The second-order valence-electron chi connectivity index (χ2n) is 7.33. The van der Waals surface area contributed by atoms with Crippen LogP contribution in [0.2, 0.25) is 0 Å². The number of hydrogen-bond acceptors (Lipinski definition) is 5. The first-order valence-electron chi connectivity index (χ1n) is 10.2. The fraction of sp³-hybridized carbons (Fsp3) is 0.455. The number of carbonyl (C=O) groups excluding carboxylic acids is 2. The number of amides is 2. The number of rotatable bonds is 8. The smallest absolute Gasteiger partial charge is 0.238 e. The summed E-state index contributed by atoms with van der Waals surface area (Å²) in [4.78, 5) is 28.8. The Morgan fingerprint density at radius 2 is 1.86 bits per heavy atom. The number of aryl methyl sites for hydroxylation is 1. The largest absolute Gasteiger partial charge is 0.468 e. The topological polar surface area (TPSA) is 77.8 Å². The molecule has 0 saturated carbocycles. The Bertz CT molecular complexity index is 798. The summed E-state index contributed by atoms with van der Waals surface area (Å²) in [6.45, 7) is 7.32. The predicted molar refractivity (Wildman–Crippen MR) is 113 cm³/mol. The van der Waals surface area contributed by atoms with Crippen molar-refractivity contribution in [3.05, 3.63) is 54.0 Å². The maximum absolute atomic E-state index is 12.4. The Hall–Kier alpha value is -2.64. The van der Waals surface area contributed by atoms with E-state index in [1.807, 2.05) is 48.2 Å². The summed E-state index contributed by atoms with van der Waals surface area (Å²) in [6, 6.07) is 11.6. The van der Waals surface area contributed by atoms with Gasteiger partial charge in [0.2, 0.25) is 11.8 Å². The fourth-order valence-corrected chi connectivity index (χ4v) is 3.49. The average molecular weight is 399 g/mol. The van der Waals surface area contributed by atoms with Gasteiger partial charge in [-0.25, -0.2) is 0 Å². The van der Waals surface area contributed by atoms with Crippen molar-refractivity contribution in [3.63, 3.8) is 0 Å². The van der Waals surface area contributed by atoms with Crippen molar-refractivity contribution in [2.45, 2.75) is 26.3 Å². The van der Waals surface area contributed by atoms with Crippen LogP contribution in [0.15, 0.2) is 47.1 Å². The summed E-state index contributed by atoms with van der Waals surface area (Å²) in [7, 11) is 0. The van der Waals surface area contributed by atoms with E-state index < -0.39 is 0 Å². The van der Waals surface area contributed by atoms with Gasteiger partial charge < -0.3 is 14.6 Å². The lowest BCUT2D eigenvalue weighted by Gasteiger charge is -2.34. The molecule has 0 bridgehead atoms. The van der Waals surface area contributed by atoms with Crippen molar-refractivity contribution in [2.24, 2.45) is 0 Å². The van der Waals surface area contributed by atoms with E-state index in [1.165, 1.54) is 0 Å². The van der Waals surface area contributed by atoms with Crippen LogP contribution in [0.4, 0.5) is 5.69 Å². The molecule has 1 aliphatic heterocycles. The molecule has 1 fully saturated rings. The van der Waals surface area contributed by atoms with E-state index in [0.29, 0.717) is 32.7 Å². The molecule has 7 heteroatoms. The molecule has 29 heavy (non-hydrogen) atoms. The van der Waals surface area contributed by atoms with Crippen LogP contribution < -0.4 is 10.6 Å². The molecule has 0 unspecified atom stereocenters. The zero-order chi connectivity index (χ0) is 20.6. The number of furan rings is 1. The van der Waals surface area contributed by atoms with E-state index in [1.54, 1.807) is 6.26 Å². The van der Waals surface area contributed by atoms with E-state index in [2.05, 4.69) is 22.5 Å². The Morgan fingerprint density at radius 1 is 1.10 bits per heavy atom. The third kappa shape index (κ3) is 5.92. The molecule has 1 atom stereocenters. The van der Waals surface area contributed by atoms with Gasteiger partial charge in [0, 0.05) is 31.9 Å². The first kappa shape index (κ1) is 21.1. The number of nitrogens with one attached hydrogen (secondary N) is 2. The summed E-state index contributed by atoms with van der Waals surface area (Å²) in [5, 5.41) is 6.21. The van der Waals surface area contributed by atoms with Gasteiger partial charge in [-0.3, -0.25) is 19.8 Å². The van der Waals surface area contributed by atoms with Crippen LogP contribution in [-0.4, -0.2) is 60.9 Å². The summed E-state index contributed by atoms with van der Waals surface area (Å²) in [5.74, 6) is 0.877. The average Bonchev–Trinajstić information content (AvgIpc) is 3.27. The van der Waals surface area contributed by atoms with E-state index >= 15 is 0 Å². The molecule has 3 rings (SSSR count). The second-order valence-corrected chi connectivity index (χ2v) is 7.33. The lowest BCUT2D eigenvalue weighted by Crippen LogP contribution is -2.52. The van der Waals surface area contributed by atoms with Crippen LogP contribution in [0, 0.1) is 0 Å². The molecule has 156 valence electrons. The van der Waals surface area contributed by atoms with Crippen molar-refractivity contribution >= 4 is 17.5 Å². The Morgan fingerprint density at radius 3 is 2.55 bits per heavy atom. The number of piperazine rings is 1. The Balaban J connectivity index is 1.39. The molecule has 1 saturated heterocycles. The summed E-state index contributed by atoms with van der Waals surface area (Å²) in [6.07, 6.45) is 2.51. The van der Waals surface area contributed by atoms with Gasteiger partial charge in [-0.15, -0.1) is 0 Å². The van der Waals surface area contributed by atoms with Gasteiger partial charge in [-0.2, -0.15) is 0 Å². The molecule has 0 spiro atoms. The maximum atomic E-state index is 12.4. The minimum absolute atomic E-state index is 0.00932. The van der Waals surface area contributed by atoms with E-state index in [0.717, 1.165) is 23.4 Å². The number of anilines is 1. The number of hydrogen-bond donors (Lipinski definition) is 2. The van der Waals surface area contributed by atoms with Gasteiger partial charge in [-0.05, 0) is 37.1 Å². The van der Waals surface area contributed by atoms with Crippen LogP contribution in [0.25, 0.3) is 0 Å². The molecule has 1 aliphatic rings. The monoisotopic (exact) mass is 398 g/mol. The van der Waals surface area contributed by atoms with Gasteiger partial charge in [0.15, 0.2) is 0 Å². The van der Waals surface area contributed by atoms with Crippen LogP contribution in [0.5, 0.6) is 0 Å². The lowest BCUT2D eigenvalue weighted by molar-refractivity contribution is -0.132. The van der Waals surface area contributed by atoms with Crippen molar-refractivity contribution < 1.29 is 14.0 Å². The summed E-state index contributed by atoms with van der Waals surface area (Å²) in [5.41, 5.74) is 2.01. The second kappa shape index (κ2) is 10.2. The molecule has 0 radical (unpaired) electrons. The highest BCUT2D eigenvalue weighted by molar-refractivity contribution is 5.93. The number of carbonyl (C=O) groups is 2. The number of benzene rings is 1. The molecule has 1 aromatic heterocycles. The minimum atomic E-state index is -0.0142. The predicted octanol–water partition coefficient (Wildman–Crippen LogP) is 2.28. The molecule has 0 aliphatic carbocycles. The first-order valence-corrected chi connectivity index (χ1v) is 10.2. The minimum Gasteiger partial charge on any atom is -0.468 e. The van der Waals surface area contributed by atoms with Gasteiger partial charge in [-0.1, -0.05) is 25.1 Å². The normalized spacial score (nSPS) is 15.9. The molecule has 2 aromatic rings. The molecular formula is C22H30N4O3. The maximum Gasteiger partial charge on any atom is 0.238 e. The van der Waals surface area contributed by atoms with Crippen LogP contribution >= 0.6 is 0 Å². The van der Waals surface area contributed by atoms with Crippen LogP contribution in [0.1, 0.15) is 31.2 Å². The van der Waals surface area contributed by atoms with Gasteiger partial charge >= 0.3 is 0 Å². The first-order chi connectivity index (χ1) is 14.1. The van der Waals surface area contributed by atoms with E-state index in [9.17, 15) is 9.59 Å². The highest BCUT2D eigenvalue weighted by Crippen LogP contribution is 2.15. The van der Waals surface area contributed by atoms with Crippen LogP contribution in [0.3, 0.4) is 0 Å². The van der Waals surface area contributed by atoms with E-state index in [4.69, 9.17) is 4.42 Å². The lowest BCUT2D eigenvalue weighted by atomic mass is 10.1. The van der Waals surface area contributed by atoms with Gasteiger partial charge in [0.05, 0.1) is 25.4 Å². The summed E-state index contributed by atoms with van der Waals surface area (Å²) < 4.78 is 5.35. The molecule has 2 N–H and O–H groups in total. The van der Waals surface area contributed by atoms with E-state index in [-0.39, 0.29) is 24.4 Å². The molecule has 7 nitrogen and oxygen atoms in total. The highest BCUT2D eigenvalue weighted by atomic mass is 16.3. The molecule has 1 aromatic carbocycles. The Labute approximate surface area is 172 Å². The third-order valence-electron chi connectivity index (χ3n) is 5.29. The van der Waals surface area contributed by atoms with Crippen molar-refractivity contribution in [2.75, 3.05) is 44.6 Å². The van der Waals surface area contributed by atoms with Crippen molar-refractivity contribution in [3.8, 4) is 0 Å². The zero-order valence-corrected chi connectivity index (χ0v) is 17.2. The molecule has 2 amide bonds. The number of nitrogens with zero attached hydrogens (tertiary/aromatic N) is 2. The fourth-order valence-electron chi connectivity index (χ4n) is 3.49. The highest BCUT2D eigenvalue weighted by Gasteiger charge is 2.23. The van der Waals surface area contributed by atoms with Gasteiger partial charge in [0.1, 0.15) is 5.76 Å². The van der Waals surface area contributed by atoms with Gasteiger partial charge in [0.25, 0.3) is 0 Å². The number of para-hydroxylation sites is 1. The van der Waals surface area contributed by atoms with Crippen LogP contribution in [-0.2, 0) is 16.0 Å². The summed E-state index contributed by atoms with van der Waals surface area (Å²) >= 11 is 0. The standard InChI is InChI=1S/C22H30N4O3/c1-3-18-7-4-5-8-19(18)24-21(27)16-25-10-12-26(13-11-25)22(28)15-23-17(2)20-9-6-14-29-20/h4-9,14,17,23H,3,10-13,15-16H2,1-2H3,(H,24,27)/t17-/m0/s1. The SMILES string of the molecule is CCc1ccccc1NC(=O)CN1CCN(C(=O)CN[C@@H](C)c2ccco2)CC1. The third-order valence-corrected chi connectivity index (χ3v) is 5.29. The quantitative estimate of drug-likeness (QED) is 0.713. The zero-order valence-electron chi connectivity index (χ0n) is 17.2.